The molecule has 3 rings (SSSR count). The summed E-state index contributed by atoms with van der Waals surface area (Å²) in [6.07, 6.45) is 1.27. The Morgan fingerprint density at radius 1 is 1.28 bits per heavy atom. The first kappa shape index (κ1) is 21.6. The first-order valence-corrected chi connectivity index (χ1v) is 11.4. The molecular weight excluding hydrogens is 412 g/mol. The fourth-order valence-corrected chi connectivity index (χ4v) is 5.26. The van der Waals surface area contributed by atoms with Gasteiger partial charge in [0, 0.05) is 18.8 Å². The first-order valence-electron chi connectivity index (χ1n) is 9.61. The lowest BCUT2D eigenvalue weighted by atomic mass is 9.98. The van der Waals surface area contributed by atoms with E-state index in [1.807, 2.05) is 38.1 Å². The standard InChI is InChI=1S/C21H25ClN2O4S/c1-3-28-20-10-9-18(13-19(20)22)29(26,27)24-11-5-7-16(14-24)21(25)23-17-8-4-6-15(2)12-17/h4,6,8-10,12-13,16H,3,5,7,11,14H2,1-2H3,(H,23,25)/t16-/m0/s1. The van der Waals surface area contributed by atoms with E-state index < -0.39 is 15.9 Å². The Labute approximate surface area is 176 Å². The summed E-state index contributed by atoms with van der Waals surface area (Å²) in [7, 11) is -3.75. The van der Waals surface area contributed by atoms with Crippen LogP contribution in [-0.2, 0) is 14.8 Å². The summed E-state index contributed by atoms with van der Waals surface area (Å²) in [5.74, 6) is -0.125. The van der Waals surface area contributed by atoms with E-state index in [2.05, 4.69) is 5.32 Å². The van der Waals surface area contributed by atoms with Crippen molar-refractivity contribution in [3.8, 4) is 5.75 Å². The van der Waals surface area contributed by atoms with Gasteiger partial charge < -0.3 is 10.1 Å². The SMILES string of the molecule is CCOc1ccc(S(=O)(=O)N2CCC[C@H](C(=O)Nc3cccc(C)c3)C2)cc1Cl. The van der Waals surface area contributed by atoms with Gasteiger partial charge in [0.05, 0.1) is 22.4 Å². The summed E-state index contributed by atoms with van der Waals surface area (Å²) in [6.45, 7) is 4.74. The summed E-state index contributed by atoms with van der Waals surface area (Å²) < 4.78 is 32.9. The molecule has 156 valence electrons. The van der Waals surface area contributed by atoms with Crippen molar-refractivity contribution in [1.29, 1.82) is 0 Å². The second-order valence-electron chi connectivity index (χ2n) is 7.09. The maximum Gasteiger partial charge on any atom is 0.243 e. The smallest absolute Gasteiger partial charge is 0.243 e. The summed E-state index contributed by atoms with van der Waals surface area (Å²) in [5.41, 5.74) is 1.76. The van der Waals surface area contributed by atoms with Crippen molar-refractivity contribution in [2.24, 2.45) is 5.92 Å². The quantitative estimate of drug-likeness (QED) is 0.740. The monoisotopic (exact) mass is 436 g/mol. The number of anilines is 1. The molecular formula is C21H25ClN2O4S. The normalized spacial score (nSPS) is 17.7. The molecule has 6 nitrogen and oxygen atoms in total. The molecule has 0 saturated carbocycles. The molecule has 0 spiro atoms. The van der Waals surface area contributed by atoms with Crippen LogP contribution in [0, 0.1) is 12.8 Å². The molecule has 1 heterocycles. The Kier molecular flexibility index (Phi) is 6.82. The molecule has 0 bridgehead atoms. The highest BCUT2D eigenvalue weighted by Crippen LogP contribution is 2.30. The number of amides is 1. The Hall–Kier alpha value is -2.09. The van der Waals surface area contributed by atoms with Crippen molar-refractivity contribution >= 4 is 33.2 Å². The summed E-state index contributed by atoms with van der Waals surface area (Å²) in [5, 5.41) is 3.15. The molecule has 29 heavy (non-hydrogen) atoms. The van der Waals surface area contributed by atoms with Gasteiger partial charge in [-0.2, -0.15) is 4.31 Å². The van der Waals surface area contributed by atoms with E-state index in [0.29, 0.717) is 37.4 Å². The van der Waals surface area contributed by atoms with Gasteiger partial charge in [-0.15, -0.1) is 0 Å². The number of hydrogen-bond donors (Lipinski definition) is 1. The third-order valence-electron chi connectivity index (χ3n) is 4.88. The molecule has 1 saturated heterocycles. The van der Waals surface area contributed by atoms with E-state index in [9.17, 15) is 13.2 Å². The lowest BCUT2D eigenvalue weighted by Crippen LogP contribution is -2.43. The number of sulfonamides is 1. The van der Waals surface area contributed by atoms with E-state index >= 15 is 0 Å². The van der Waals surface area contributed by atoms with Crippen LogP contribution in [0.2, 0.25) is 5.02 Å². The van der Waals surface area contributed by atoms with Gasteiger partial charge in [-0.1, -0.05) is 23.7 Å². The number of halogens is 1. The number of hydrogen-bond acceptors (Lipinski definition) is 4. The number of ether oxygens (including phenoxy) is 1. The highest BCUT2D eigenvalue weighted by atomic mass is 35.5. The maximum absolute atomic E-state index is 13.1. The van der Waals surface area contributed by atoms with Crippen molar-refractivity contribution in [2.45, 2.75) is 31.6 Å². The highest BCUT2D eigenvalue weighted by molar-refractivity contribution is 7.89. The molecule has 1 atom stereocenters. The van der Waals surface area contributed by atoms with E-state index in [-0.39, 0.29) is 22.4 Å². The zero-order valence-electron chi connectivity index (χ0n) is 16.5. The molecule has 0 aromatic heterocycles. The largest absolute Gasteiger partial charge is 0.492 e. The zero-order valence-corrected chi connectivity index (χ0v) is 18.1. The Balaban J connectivity index is 1.73. The van der Waals surface area contributed by atoms with Gasteiger partial charge in [0.15, 0.2) is 0 Å². The number of nitrogens with one attached hydrogen (secondary N) is 1. The first-order chi connectivity index (χ1) is 13.8. The maximum atomic E-state index is 13.1. The van der Waals surface area contributed by atoms with Gasteiger partial charge in [0.25, 0.3) is 0 Å². The van der Waals surface area contributed by atoms with Crippen LogP contribution < -0.4 is 10.1 Å². The molecule has 1 N–H and O–H groups in total. The average Bonchev–Trinajstić information content (AvgIpc) is 2.69. The molecule has 1 aliphatic rings. The molecule has 1 fully saturated rings. The second kappa shape index (κ2) is 9.15. The van der Waals surface area contributed by atoms with Crippen LogP contribution in [0.1, 0.15) is 25.3 Å². The number of rotatable bonds is 6. The molecule has 8 heteroatoms. The summed E-state index contributed by atoms with van der Waals surface area (Å²) in [6, 6.07) is 12.0. The highest BCUT2D eigenvalue weighted by Gasteiger charge is 2.33. The minimum absolute atomic E-state index is 0.102. The third kappa shape index (κ3) is 5.10. The second-order valence-corrected chi connectivity index (χ2v) is 9.43. The topological polar surface area (TPSA) is 75.7 Å². The van der Waals surface area contributed by atoms with Crippen LogP contribution in [0.5, 0.6) is 5.75 Å². The number of carbonyl (C=O) groups is 1. The number of carbonyl (C=O) groups excluding carboxylic acids is 1. The van der Waals surface area contributed by atoms with E-state index in [1.54, 1.807) is 6.07 Å². The van der Waals surface area contributed by atoms with Crippen molar-refractivity contribution in [1.82, 2.24) is 4.31 Å². The fraction of sp³-hybridized carbons (Fsp3) is 0.381. The van der Waals surface area contributed by atoms with E-state index in [1.165, 1.54) is 16.4 Å². The van der Waals surface area contributed by atoms with E-state index in [4.69, 9.17) is 16.3 Å². The molecule has 0 aliphatic carbocycles. The Morgan fingerprint density at radius 2 is 2.07 bits per heavy atom. The zero-order chi connectivity index (χ0) is 21.0. The van der Waals surface area contributed by atoms with Crippen LogP contribution in [-0.4, -0.2) is 38.3 Å². The predicted molar refractivity (Wildman–Crippen MR) is 114 cm³/mol. The van der Waals surface area contributed by atoms with Crippen LogP contribution in [0.4, 0.5) is 5.69 Å². The van der Waals surface area contributed by atoms with Crippen molar-refractivity contribution in [3.63, 3.8) is 0 Å². The van der Waals surface area contributed by atoms with Gasteiger partial charge in [-0.25, -0.2) is 8.42 Å². The molecule has 2 aromatic rings. The number of aryl methyl sites for hydroxylation is 1. The van der Waals surface area contributed by atoms with Crippen molar-refractivity contribution in [2.75, 3.05) is 25.0 Å². The van der Waals surface area contributed by atoms with Gasteiger partial charge in [-0.05, 0) is 62.6 Å². The van der Waals surface area contributed by atoms with Gasteiger partial charge in [-0.3, -0.25) is 4.79 Å². The lowest BCUT2D eigenvalue weighted by molar-refractivity contribution is -0.120. The molecule has 1 amide bonds. The fourth-order valence-electron chi connectivity index (χ4n) is 3.41. The predicted octanol–water partition coefficient (Wildman–Crippen LogP) is 4.09. The number of nitrogens with zero attached hydrogens (tertiary/aromatic N) is 1. The minimum Gasteiger partial charge on any atom is -0.492 e. The molecule has 0 unspecified atom stereocenters. The van der Waals surface area contributed by atoms with Crippen molar-refractivity contribution < 1.29 is 17.9 Å². The number of piperidine rings is 1. The Morgan fingerprint density at radius 3 is 2.76 bits per heavy atom. The summed E-state index contributed by atoms with van der Waals surface area (Å²) >= 11 is 6.16. The number of benzene rings is 2. The summed E-state index contributed by atoms with van der Waals surface area (Å²) in [4.78, 5) is 12.8. The minimum atomic E-state index is -3.75. The average molecular weight is 437 g/mol. The van der Waals surface area contributed by atoms with Gasteiger partial charge in [0.2, 0.25) is 15.9 Å². The van der Waals surface area contributed by atoms with Crippen LogP contribution in [0.15, 0.2) is 47.4 Å². The van der Waals surface area contributed by atoms with Crippen LogP contribution >= 0.6 is 11.6 Å². The van der Waals surface area contributed by atoms with Gasteiger partial charge >= 0.3 is 0 Å². The van der Waals surface area contributed by atoms with E-state index in [0.717, 1.165) is 5.56 Å². The molecule has 2 aromatic carbocycles. The van der Waals surface area contributed by atoms with Crippen LogP contribution in [0.3, 0.4) is 0 Å². The van der Waals surface area contributed by atoms with Gasteiger partial charge in [0.1, 0.15) is 5.75 Å². The Bertz CT molecular complexity index is 994. The molecule has 1 aliphatic heterocycles. The van der Waals surface area contributed by atoms with Crippen molar-refractivity contribution in [3.05, 3.63) is 53.1 Å². The lowest BCUT2D eigenvalue weighted by Gasteiger charge is -2.31. The molecule has 0 radical (unpaired) electrons. The van der Waals surface area contributed by atoms with Crippen LogP contribution in [0.25, 0.3) is 0 Å². The third-order valence-corrected chi connectivity index (χ3v) is 7.04.